The summed E-state index contributed by atoms with van der Waals surface area (Å²) in [5.74, 6) is 0. The zero-order valence-electron chi connectivity index (χ0n) is 10.1. The van der Waals surface area contributed by atoms with E-state index in [2.05, 4.69) is 10.2 Å². The van der Waals surface area contributed by atoms with Gasteiger partial charge in [-0.2, -0.15) is 0 Å². The van der Waals surface area contributed by atoms with E-state index >= 15 is 0 Å². The Morgan fingerprint density at radius 2 is 1.61 bits per heavy atom. The van der Waals surface area contributed by atoms with Gasteiger partial charge < -0.3 is 15.4 Å². The Balaban J connectivity index is 0.00000144. The largest absolute Gasteiger partial charge is 0.488 e. The first kappa shape index (κ1) is 17.7. The molecule has 0 unspecified atom stereocenters. The highest BCUT2D eigenvalue weighted by Crippen LogP contribution is 2.04. The summed E-state index contributed by atoms with van der Waals surface area (Å²) in [7, 11) is -1.37. The third-order valence-electron chi connectivity index (χ3n) is 2.89. The minimum atomic E-state index is -1.37. The standard InChI is InChI=1S/C11H17BN2O2.2ClH/c15-12(16)11-3-1-10(2-4-11)9-14-7-5-13-6-8-14;;/h1-4,13,15-16H,5-9H2;2*1H. The highest BCUT2D eigenvalue weighted by molar-refractivity contribution is 6.58. The van der Waals surface area contributed by atoms with E-state index in [-0.39, 0.29) is 24.8 Å². The lowest BCUT2D eigenvalue weighted by Gasteiger charge is -2.27. The summed E-state index contributed by atoms with van der Waals surface area (Å²) < 4.78 is 0. The van der Waals surface area contributed by atoms with Crippen LogP contribution in [0.3, 0.4) is 0 Å². The van der Waals surface area contributed by atoms with Crippen molar-refractivity contribution >= 4 is 37.4 Å². The molecule has 3 N–H and O–H groups in total. The Labute approximate surface area is 120 Å². The molecule has 1 fully saturated rings. The van der Waals surface area contributed by atoms with Crippen LogP contribution in [0.25, 0.3) is 0 Å². The van der Waals surface area contributed by atoms with Crippen molar-refractivity contribution in [3.63, 3.8) is 0 Å². The molecule has 0 saturated carbocycles. The first-order valence-corrected chi connectivity index (χ1v) is 5.64. The van der Waals surface area contributed by atoms with Crippen molar-refractivity contribution < 1.29 is 10.0 Å². The lowest BCUT2D eigenvalue weighted by atomic mass is 9.80. The van der Waals surface area contributed by atoms with Crippen LogP contribution in [-0.2, 0) is 6.54 Å². The van der Waals surface area contributed by atoms with Crippen LogP contribution in [0.4, 0.5) is 0 Å². The molecule has 1 aromatic carbocycles. The van der Waals surface area contributed by atoms with Crippen LogP contribution < -0.4 is 10.8 Å². The molecule has 0 spiro atoms. The quantitative estimate of drug-likeness (QED) is 0.665. The molecule has 1 heterocycles. The highest BCUT2D eigenvalue weighted by atomic mass is 35.5. The predicted octanol–water partition coefficient (Wildman–Crippen LogP) is -0.385. The van der Waals surface area contributed by atoms with Gasteiger partial charge in [-0.1, -0.05) is 24.3 Å². The van der Waals surface area contributed by atoms with Gasteiger partial charge in [-0.25, -0.2) is 0 Å². The topological polar surface area (TPSA) is 55.7 Å². The average Bonchev–Trinajstić information content (AvgIpc) is 2.31. The third kappa shape index (κ3) is 5.14. The molecule has 0 aromatic heterocycles. The molecule has 7 heteroatoms. The Bertz CT molecular complexity index is 332. The van der Waals surface area contributed by atoms with Crippen molar-refractivity contribution in [3.05, 3.63) is 29.8 Å². The Hall–Kier alpha value is -0.295. The Morgan fingerprint density at radius 3 is 2.11 bits per heavy atom. The molecular weight excluding hydrogens is 274 g/mol. The second kappa shape index (κ2) is 8.75. The number of rotatable bonds is 3. The summed E-state index contributed by atoms with van der Waals surface area (Å²) in [6, 6.07) is 7.44. The van der Waals surface area contributed by atoms with E-state index < -0.39 is 7.12 Å². The van der Waals surface area contributed by atoms with Gasteiger partial charge in [0.25, 0.3) is 0 Å². The van der Waals surface area contributed by atoms with Gasteiger partial charge in [0.15, 0.2) is 0 Å². The van der Waals surface area contributed by atoms with E-state index in [4.69, 9.17) is 10.0 Å². The van der Waals surface area contributed by atoms with Gasteiger partial charge >= 0.3 is 7.12 Å². The van der Waals surface area contributed by atoms with E-state index in [0.29, 0.717) is 5.46 Å². The first-order valence-electron chi connectivity index (χ1n) is 5.64. The number of hydrogen-bond acceptors (Lipinski definition) is 4. The molecule has 1 aliphatic heterocycles. The number of nitrogens with zero attached hydrogens (tertiary/aromatic N) is 1. The zero-order chi connectivity index (χ0) is 11.4. The number of halogens is 2. The Morgan fingerprint density at radius 1 is 1.06 bits per heavy atom. The lowest BCUT2D eigenvalue weighted by Crippen LogP contribution is -2.42. The molecule has 2 rings (SSSR count). The third-order valence-corrected chi connectivity index (χ3v) is 2.89. The molecule has 0 radical (unpaired) electrons. The molecule has 102 valence electrons. The number of piperazine rings is 1. The molecular formula is C11H19BCl2N2O2. The smallest absolute Gasteiger partial charge is 0.423 e. The van der Waals surface area contributed by atoms with Crippen LogP contribution in [0.2, 0.25) is 0 Å². The summed E-state index contributed by atoms with van der Waals surface area (Å²) in [4.78, 5) is 2.39. The minimum absolute atomic E-state index is 0. The molecule has 4 nitrogen and oxygen atoms in total. The van der Waals surface area contributed by atoms with E-state index in [1.807, 2.05) is 12.1 Å². The van der Waals surface area contributed by atoms with Gasteiger partial charge in [0.1, 0.15) is 0 Å². The summed E-state index contributed by atoms with van der Waals surface area (Å²) >= 11 is 0. The van der Waals surface area contributed by atoms with E-state index in [9.17, 15) is 0 Å². The minimum Gasteiger partial charge on any atom is -0.423 e. The van der Waals surface area contributed by atoms with Crippen molar-refractivity contribution in [2.24, 2.45) is 0 Å². The van der Waals surface area contributed by atoms with Gasteiger partial charge in [-0.3, -0.25) is 4.90 Å². The molecule has 0 amide bonds. The van der Waals surface area contributed by atoms with Gasteiger partial charge in [-0.05, 0) is 11.0 Å². The molecule has 1 saturated heterocycles. The molecule has 1 aliphatic rings. The summed E-state index contributed by atoms with van der Waals surface area (Å²) in [6.07, 6.45) is 0. The average molecular weight is 293 g/mol. The SMILES string of the molecule is Cl.Cl.OB(O)c1ccc(CN2CCNCC2)cc1. The summed E-state index contributed by atoms with van der Waals surface area (Å²) in [6.45, 7) is 5.18. The fraction of sp³-hybridized carbons (Fsp3) is 0.455. The number of hydrogen-bond donors (Lipinski definition) is 3. The second-order valence-electron chi connectivity index (χ2n) is 4.14. The van der Waals surface area contributed by atoms with Crippen LogP contribution in [0.15, 0.2) is 24.3 Å². The normalized spacial score (nSPS) is 15.4. The maximum Gasteiger partial charge on any atom is 0.488 e. The van der Waals surface area contributed by atoms with Crippen molar-refractivity contribution in [1.82, 2.24) is 10.2 Å². The lowest BCUT2D eigenvalue weighted by molar-refractivity contribution is 0.233. The number of nitrogens with one attached hydrogen (secondary N) is 1. The number of benzene rings is 1. The zero-order valence-corrected chi connectivity index (χ0v) is 11.7. The maximum atomic E-state index is 8.97. The summed E-state index contributed by atoms with van der Waals surface area (Å²) in [5.41, 5.74) is 1.76. The van der Waals surface area contributed by atoms with Crippen LogP contribution in [-0.4, -0.2) is 48.2 Å². The predicted molar refractivity (Wildman–Crippen MR) is 78.9 cm³/mol. The van der Waals surface area contributed by atoms with E-state index in [1.165, 1.54) is 5.56 Å². The highest BCUT2D eigenvalue weighted by Gasteiger charge is 2.12. The second-order valence-corrected chi connectivity index (χ2v) is 4.14. The van der Waals surface area contributed by atoms with Crippen molar-refractivity contribution in [3.8, 4) is 0 Å². The van der Waals surface area contributed by atoms with Crippen LogP contribution in [0.1, 0.15) is 5.56 Å². The van der Waals surface area contributed by atoms with Crippen LogP contribution in [0, 0.1) is 0 Å². The molecule has 0 atom stereocenters. The van der Waals surface area contributed by atoms with Crippen molar-refractivity contribution in [1.29, 1.82) is 0 Å². The first-order chi connectivity index (χ1) is 7.75. The van der Waals surface area contributed by atoms with E-state index in [0.717, 1.165) is 32.7 Å². The van der Waals surface area contributed by atoms with Gasteiger partial charge in [0.2, 0.25) is 0 Å². The van der Waals surface area contributed by atoms with Gasteiger partial charge in [0.05, 0.1) is 0 Å². The molecule has 18 heavy (non-hydrogen) atoms. The van der Waals surface area contributed by atoms with Crippen LogP contribution >= 0.6 is 24.8 Å². The van der Waals surface area contributed by atoms with Gasteiger partial charge in [0, 0.05) is 32.7 Å². The van der Waals surface area contributed by atoms with Crippen LogP contribution in [0.5, 0.6) is 0 Å². The molecule has 0 aliphatic carbocycles. The van der Waals surface area contributed by atoms with E-state index in [1.54, 1.807) is 12.1 Å². The Kier molecular flexibility index (Phi) is 8.60. The fourth-order valence-electron chi connectivity index (χ4n) is 1.92. The van der Waals surface area contributed by atoms with Gasteiger partial charge in [-0.15, -0.1) is 24.8 Å². The van der Waals surface area contributed by atoms with Crippen molar-refractivity contribution in [2.45, 2.75) is 6.54 Å². The maximum absolute atomic E-state index is 8.97. The monoisotopic (exact) mass is 292 g/mol. The summed E-state index contributed by atoms with van der Waals surface area (Å²) in [5, 5.41) is 21.3. The molecule has 1 aromatic rings. The molecule has 0 bridgehead atoms. The van der Waals surface area contributed by atoms with Crippen molar-refractivity contribution in [2.75, 3.05) is 26.2 Å². The fourth-order valence-corrected chi connectivity index (χ4v) is 1.92.